The monoisotopic (exact) mass is 244 g/mol. The standard InChI is InChI=1S/C14H20N4/c1-9-5-7-10(8-6-9)11-12(15)18(16)13(17-11)14(2,3)4/h5-8H,15-16H2,1-4H3. The lowest BCUT2D eigenvalue weighted by Gasteiger charge is -2.17. The number of benzene rings is 1. The summed E-state index contributed by atoms with van der Waals surface area (Å²) in [6, 6.07) is 8.11. The van der Waals surface area contributed by atoms with Gasteiger partial charge in [-0.1, -0.05) is 50.6 Å². The molecule has 0 aliphatic carbocycles. The summed E-state index contributed by atoms with van der Waals surface area (Å²) in [6.45, 7) is 8.25. The molecule has 4 nitrogen and oxygen atoms in total. The third kappa shape index (κ3) is 2.06. The van der Waals surface area contributed by atoms with Crippen LogP contribution in [0, 0.1) is 6.92 Å². The van der Waals surface area contributed by atoms with E-state index in [9.17, 15) is 0 Å². The van der Waals surface area contributed by atoms with Crippen LogP contribution in [-0.2, 0) is 5.41 Å². The highest BCUT2D eigenvalue weighted by molar-refractivity contribution is 5.71. The Hall–Kier alpha value is -1.97. The van der Waals surface area contributed by atoms with E-state index >= 15 is 0 Å². The second-order valence-corrected chi connectivity index (χ2v) is 5.66. The Labute approximate surface area is 108 Å². The molecule has 2 aromatic rings. The zero-order chi connectivity index (χ0) is 13.5. The fraction of sp³-hybridized carbons (Fsp3) is 0.357. The number of hydrogen-bond acceptors (Lipinski definition) is 3. The van der Waals surface area contributed by atoms with Crippen LogP contribution >= 0.6 is 0 Å². The van der Waals surface area contributed by atoms with Gasteiger partial charge in [0, 0.05) is 11.0 Å². The lowest BCUT2D eigenvalue weighted by molar-refractivity contribution is 0.532. The maximum Gasteiger partial charge on any atom is 0.150 e. The van der Waals surface area contributed by atoms with Crippen LogP contribution in [0.15, 0.2) is 24.3 Å². The Morgan fingerprint density at radius 1 is 1.11 bits per heavy atom. The zero-order valence-corrected chi connectivity index (χ0v) is 11.4. The van der Waals surface area contributed by atoms with Gasteiger partial charge in [-0.15, -0.1) is 0 Å². The van der Waals surface area contributed by atoms with Crippen molar-refractivity contribution in [3.8, 4) is 11.3 Å². The average Bonchev–Trinajstić information content (AvgIpc) is 2.57. The molecule has 0 amide bonds. The van der Waals surface area contributed by atoms with Gasteiger partial charge in [0.15, 0.2) is 5.82 Å². The van der Waals surface area contributed by atoms with Crippen LogP contribution in [0.5, 0.6) is 0 Å². The minimum atomic E-state index is -0.133. The molecule has 0 saturated heterocycles. The molecule has 0 aliphatic heterocycles. The number of nitrogen functional groups attached to an aromatic ring is 2. The van der Waals surface area contributed by atoms with Crippen molar-refractivity contribution in [1.29, 1.82) is 0 Å². The Morgan fingerprint density at radius 2 is 1.67 bits per heavy atom. The van der Waals surface area contributed by atoms with Crippen LogP contribution in [0.1, 0.15) is 32.2 Å². The summed E-state index contributed by atoms with van der Waals surface area (Å²) in [5.74, 6) is 7.28. The second-order valence-electron chi connectivity index (χ2n) is 5.66. The first-order valence-electron chi connectivity index (χ1n) is 6.01. The lowest BCUT2D eigenvalue weighted by Crippen LogP contribution is -2.24. The molecule has 4 heteroatoms. The normalized spacial score (nSPS) is 11.8. The molecule has 0 saturated carbocycles. The predicted octanol–water partition coefficient (Wildman–Crippen LogP) is 2.45. The van der Waals surface area contributed by atoms with Gasteiger partial charge < -0.3 is 11.6 Å². The molecule has 1 aromatic carbocycles. The maximum absolute atomic E-state index is 6.05. The van der Waals surface area contributed by atoms with Gasteiger partial charge in [0.05, 0.1) is 0 Å². The van der Waals surface area contributed by atoms with E-state index in [0.29, 0.717) is 5.82 Å². The number of nitrogens with zero attached hydrogens (tertiary/aromatic N) is 2. The van der Waals surface area contributed by atoms with Crippen LogP contribution in [0.4, 0.5) is 5.82 Å². The topological polar surface area (TPSA) is 69.9 Å². The van der Waals surface area contributed by atoms with E-state index in [1.54, 1.807) is 0 Å². The molecule has 1 heterocycles. The minimum Gasteiger partial charge on any atom is -0.382 e. The molecule has 18 heavy (non-hydrogen) atoms. The van der Waals surface area contributed by atoms with Crippen LogP contribution in [-0.4, -0.2) is 9.66 Å². The zero-order valence-electron chi connectivity index (χ0n) is 11.4. The number of rotatable bonds is 1. The molecular formula is C14H20N4. The SMILES string of the molecule is Cc1ccc(-c2nc(C(C)(C)C)n(N)c2N)cc1. The molecule has 0 atom stereocenters. The Morgan fingerprint density at radius 3 is 2.11 bits per heavy atom. The van der Waals surface area contributed by atoms with Gasteiger partial charge >= 0.3 is 0 Å². The average molecular weight is 244 g/mol. The summed E-state index contributed by atoms with van der Waals surface area (Å²) >= 11 is 0. The van der Waals surface area contributed by atoms with Gasteiger partial charge in [0.2, 0.25) is 0 Å². The quantitative estimate of drug-likeness (QED) is 0.757. The highest BCUT2D eigenvalue weighted by Crippen LogP contribution is 2.30. The van der Waals surface area contributed by atoms with E-state index in [4.69, 9.17) is 11.6 Å². The Kier molecular flexibility index (Phi) is 2.81. The van der Waals surface area contributed by atoms with E-state index in [2.05, 4.69) is 32.7 Å². The van der Waals surface area contributed by atoms with Crippen LogP contribution in [0.2, 0.25) is 0 Å². The molecule has 0 bridgehead atoms. The van der Waals surface area contributed by atoms with Crippen molar-refractivity contribution in [2.45, 2.75) is 33.1 Å². The first-order chi connectivity index (χ1) is 8.30. The van der Waals surface area contributed by atoms with Crippen molar-refractivity contribution < 1.29 is 0 Å². The second kappa shape index (κ2) is 4.05. The number of hydrogen-bond donors (Lipinski definition) is 2. The number of anilines is 1. The van der Waals surface area contributed by atoms with E-state index in [-0.39, 0.29) is 5.41 Å². The lowest BCUT2D eigenvalue weighted by atomic mass is 9.96. The van der Waals surface area contributed by atoms with E-state index in [1.165, 1.54) is 10.2 Å². The molecule has 0 radical (unpaired) electrons. The van der Waals surface area contributed by atoms with Crippen molar-refractivity contribution >= 4 is 5.82 Å². The van der Waals surface area contributed by atoms with Crippen LogP contribution in [0.3, 0.4) is 0 Å². The van der Waals surface area contributed by atoms with Crippen molar-refractivity contribution in [3.05, 3.63) is 35.7 Å². The third-order valence-electron chi connectivity index (χ3n) is 2.94. The molecule has 0 fully saturated rings. The number of aryl methyl sites for hydroxylation is 1. The fourth-order valence-corrected chi connectivity index (χ4v) is 1.90. The van der Waals surface area contributed by atoms with E-state index in [1.807, 2.05) is 24.3 Å². The van der Waals surface area contributed by atoms with Crippen molar-refractivity contribution in [1.82, 2.24) is 9.66 Å². The number of aromatic nitrogens is 2. The first kappa shape index (κ1) is 12.5. The largest absolute Gasteiger partial charge is 0.382 e. The van der Waals surface area contributed by atoms with Crippen molar-refractivity contribution in [3.63, 3.8) is 0 Å². The molecular weight excluding hydrogens is 224 g/mol. The summed E-state index contributed by atoms with van der Waals surface area (Å²) in [4.78, 5) is 4.59. The molecule has 0 unspecified atom stereocenters. The van der Waals surface area contributed by atoms with Crippen LogP contribution < -0.4 is 11.6 Å². The highest BCUT2D eigenvalue weighted by atomic mass is 15.4. The van der Waals surface area contributed by atoms with Gasteiger partial charge in [-0.25, -0.2) is 9.66 Å². The molecule has 0 aliphatic rings. The maximum atomic E-state index is 6.05. The van der Waals surface area contributed by atoms with Gasteiger partial charge in [-0.3, -0.25) is 0 Å². The van der Waals surface area contributed by atoms with Gasteiger partial charge in [-0.2, -0.15) is 0 Å². The molecule has 1 aromatic heterocycles. The Balaban J connectivity index is 2.56. The number of imidazole rings is 1. The molecule has 0 spiro atoms. The summed E-state index contributed by atoms with van der Waals surface area (Å²) in [6.07, 6.45) is 0. The van der Waals surface area contributed by atoms with Gasteiger partial charge in [0.1, 0.15) is 11.5 Å². The smallest absolute Gasteiger partial charge is 0.150 e. The summed E-state index contributed by atoms with van der Waals surface area (Å²) in [5.41, 5.74) is 8.87. The third-order valence-corrected chi connectivity index (χ3v) is 2.94. The molecule has 2 rings (SSSR count). The van der Waals surface area contributed by atoms with E-state index in [0.717, 1.165) is 17.1 Å². The first-order valence-corrected chi connectivity index (χ1v) is 6.01. The highest BCUT2D eigenvalue weighted by Gasteiger charge is 2.24. The van der Waals surface area contributed by atoms with E-state index < -0.39 is 0 Å². The fourth-order valence-electron chi connectivity index (χ4n) is 1.90. The van der Waals surface area contributed by atoms with Crippen LogP contribution in [0.25, 0.3) is 11.3 Å². The van der Waals surface area contributed by atoms with Gasteiger partial charge in [0.25, 0.3) is 0 Å². The van der Waals surface area contributed by atoms with Crippen molar-refractivity contribution in [2.24, 2.45) is 0 Å². The van der Waals surface area contributed by atoms with Crippen molar-refractivity contribution in [2.75, 3.05) is 11.6 Å². The Bertz CT molecular complexity index is 559. The summed E-state index contributed by atoms with van der Waals surface area (Å²) in [7, 11) is 0. The van der Waals surface area contributed by atoms with Gasteiger partial charge in [-0.05, 0) is 6.92 Å². The number of nitrogens with two attached hydrogens (primary N) is 2. The summed E-state index contributed by atoms with van der Waals surface area (Å²) in [5, 5.41) is 0. The molecule has 4 N–H and O–H groups in total. The summed E-state index contributed by atoms with van der Waals surface area (Å²) < 4.78 is 1.48. The minimum absolute atomic E-state index is 0.133. The molecule has 96 valence electrons. The predicted molar refractivity (Wildman–Crippen MR) is 75.7 cm³/mol.